The monoisotopic (exact) mass is 383 g/mol. The van der Waals surface area contributed by atoms with Crippen LogP contribution in [0.4, 0.5) is 5.69 Å². The molecule has 1 atom stereocenters. The Morgan fingerprint density at radius 1 is 1.21 bits per heavy atom. The smallest absolute Gasteiger partial charge is 0.242 e. The highest BCUT2D eigenvalue weighted by atomic mass is 16.3. The lowest BCUT2D eigenvalue weighted by molar-refractivity contribution is -0.120. The Morgan fingerprint density at radius 2 is 2.07 bits per heavy atom. The molecule has 4 N–H and O–H groups in total. The molecule has 1 unspecified atom stereocenters. The molecular formula is C20H25N5O3. The second-order valence-corrected chi connectivity index (χ2v) is 6.47. The number of anilines is 1. The number of nitrogens with zero attached hydrogens (tertiary/aromatic N) is 1. The summed E-state index contributed by atoms with van der Waals surface area (Å²) in [5.41, 5.74) is 1.95. The quantitative estimate of drug-likeness (QED) is 0.429. The number of hydrogen-bond acceptors (Lipinski definition) is 4. The van der Waals surface area contributed by atoms with E-state index in [1.807, 2.05) is 31.2 Å². The second-order valence-electron chi connectivity index (χ2n) is 6.47. The van der Waals surface area contributed by atoms with E-state index in [1.54, 1.807) is 18.4 Å². The van der Waals surface area contributed by atoms with Crippen LogP contribution < -0.4 is 21.3 Å². The van der Waals surface area contributed by atoms with Crippen LogP contribution >= 0.6 is 0 Å². The molecule has 0 saturated carbocycles. The number of fused-ring (bicyclic) bond motifs is 1. The molecule has 0 aliphatic carbocycles. The molecule has 8 heteroatoms. The maximum absolute atomic E-state index is 12.0. The number of rotatable bonds is 7. The molecule has 0 bridgehead atoms. The lowest BCUT2D eigenvalue weighted by Crippen LogP contribution is -2.41. The highest BCUT2D eigenvalue weighted by molar-refractivity contribution is 5.95. The van der Waals surface area contributed by atoms with Crippen LogP contribution in [0.2, 0.25) is 0 Å². The molecule has 0 fully saturated rings. The standard InChI is InChI=1S/C20H25N5O3/c1-2-21-20(24-13-19(27)22-12-15-6-5-9-28-15)23-11-14-10-18(26)25-17-8-4-3-7-16(14)17/h3-9,14H,2,10-13H2,1H3,(H,22,27)(H,25,26)(H2,21,23,24). The Morgan fingerprint density at radius 3 is 2.86 bits per heavy atom. The largest absolute Gasteiger partial charge is 0.467 e. The summed E-state index contributed by atoms with van der Waals surface area (Å²) in [5.74, 6) is 1.08. The fourth-order valence-electron chi connectivity index (χ4n) is 3.05. The van der Waals surface area contributed by atoms with E-state index in [0.29, 0.717) is 37.8 Å². The van der Waals surface area contributed by atoms with E-state index >= 15 is 0 Å². The first-order chi connectivity index (χ1) is 13.7. The lowest BCUT2D eigenvalue weighted by atomic mass is 9.90. The van der Waals surface area contributed by atoms with E-state index in [-0.39, 0.29) is 24.3 Å². The molecule has 28 heavy (non-hydrogen) atoms. The minimum Gasteiger partial charge on any atom is -0.467 e. The van der Waals surface area contributed by atoms with E-state index in [2.05, 4.69) is 26.3 Å². The Hall–Kier alpha value is -3.29. The van der Waals surface area contributed by atoms with Crippen LogP contribution in [0.1, 0.15) is 30.6 Å². The first kappa shape index (κ1) is 19.5. The SMILES string of the molecule is CCNC(=NCC(=O)NCc1ccco1)NCC1CC(=O)Nc2ccccc21. The first-order valence-corrected chi connectivity index (χ1v) is 9.35. The van der Waals surface area contributed by atoms with Crippen molar-refractivity contribution in [2.45, 2.75) is 25.8 Å². The third-order valence-electron chi connectivity index (χ3n) is 4.39. The molecule has 1 aromatic heterocycles. The number of benzene rings is 1. The zero-order chi connectivity index (χ0) is 19.8. The van der Waals surface area contributed by atoms with E-state index in [0.717, 1.165) is 11.3 Å². The van der Waals surface area contributed by atoms with Crippen LogP contribution in [0, 0.1) is 0 Å². The van der Waals surface area contributed by atoms with Gasteiger partial charge in [-0.1, -0.05) is 18.2 Å². The Labute approximate surface area is 163 Å². The van der Waals surface area contributed by atoms with Crippen LogP contribution in [0.3, 0.4) is 0 Å². The number of carbonyl (C=O) groups excluding carboxylic acids is 2. The van der Waals surface area contributed by atoms with Crippen molar-refractivity contribution in [3.05, 3.63) is 54.0 Å². The van der Waals surface area contributed by atoms with E-state index in [9.17, 15) is 9.59 Å². The van der Waals surface area contributed by atoms with Gasteiger partial charge in [0, 0.05) is 31.1 Å². The predicted molar refractivity (Wildman–Crippen MR) is 107 cm³/mol. The number of hydrogen-bond donors (Lipinski definition) is 4. The van der Waals surface area contributed by atoms with Gasteiger partial charge in [-0.05, 0) is 30.7 Å². The van der Waals surface area contributed by atoms with Gasteiger partial charge in [0.15, 0.2) is 5.96 Å². The van der Waals surface area contributed by atoms with Crippen LogP contribution in [-0.2, 0) is 16.1 Å². The van der Waals surface area contributed by atoms with Gasteiger partial charge in [0.1, 0.15) is 12.3 Å². The number of aliphatic imine (C=N–C) groups is 1. The molecule has 1 aliphatic rings. The second kappa shape index (κ2) is 9.59. The van der Waals surface area contributed by atoms with Gasteiger partial charge in [-0.2, -0.15) is 0 Å². The molecule has 2 heterocycles. The fraction of sp³-hybridized carbons (Fsp3) is 0.350. The van der Waals surface area contributed by atoms with Gasteiger partial charge < -0.3 is 25.7 Å². The van der Waals surface area contributed by atoms with E-state index < -0.39 is 0 Å². The maximum Gasteiger partial charge on any atom is 0.242 e. The van der Waals surface area contributed by atoms with Crippen molar-refractivity contribution < 1.29 is 14.0 Å². The molecule has 0 spiro atoms. The van der Waals surface area contributed by atoms with Crippen LogP contribution in [0.25, 0.3) is 0 Å². The summed E-state index contributed by atoms with van der Waals surface area (Å²) in [6, 6.07) is 11.4. The maximum atomic E-state index is 12.0. The minimum absolute atomic E-state index is 0.00220. The van der Waals surface area contributed by atoms with Crippen molar-refractivity contribution in [1.29, 1.82) is 0 Å². The Bertz CT molecular complexity index is 832. The van der Waals surface area contributed by atoms with Crippen molar-refractivity contribution in [2.75, 3.05) is 25.0 Å². The molecule has 8 nitrogen and oxygen atoms in total. The number of nitrogens with one attached hydrogen (secondary N) is 4. The van der Waals surface area contributed by atoms with Gasteiger partial charge in [-0.15, -0.1) is 0 Å². The van der Waals surface area contributed by atoms with Gasteiger partial charge in [0.2, 0.25) is 11.8 Å². The average molecular weight is 383 g/mol. The van der Waals surface area contributed by atoms with Gasteiger partial charge in [0.25, 0.3) is 0 Å². The molecule has 148 valence electrons. The van der Waals surface area contributed by atoms with E-state index in [4.69, 9.17) is 4.42 Å². The predicted octanol–water partition coefficient (Wildman–Crippen LogP) is 1.58. The summed E-state index contributed by atoms with van der Waals surface area (Å²) in [6.07, 6.45) is 1.98. The number of guanidine groups is 1. The highest BCUT2D eigenvalue weighted by Gasteiger charge is 2.24. The lowest BCUT2D eigenvalue weighted by Gasteiger charge is -2.26. The zero-order valence-corrected chi connectivity index (χ0v) is 15.8. The van der Waals surface area contributed by atoms with E-state index in [1.165, 1.54) is 0 Å². The number of amides is 2. The number of para-hydroxylation sites is 1. The Balaban J connectivity index is 1.54. The molecule has 0 saturated heterocycles. The molecular weight excluding hydrogens is 358 g/mol. The summed E-state index contributed by atoms with van der Waals surface area (Å²) in [5, 5.41) is 12.0. The van der Waals surface area contributed by atoms with Gasteiger partial charge in [-0.25, -0.2) is 4.99 Å². The summed E-state index contributed by atoms with van der Waals surface area (Å²) >= 11 is 0. The van der Waals surface area contributed by atoms with Crippen molar-refractivity contribution >= 4 is 23.5 Å². The van der Waals surface area contributed by atoms with Crippen LogP contribution in [0.5, 0.6) is 0 Å². The first-order valence-electron chi connectivity index (χ1n) is 9.35. The normalized spacial score (nSPS) is 16.1. The fourth-order valence-corrected chi connectivity index (χ4v) is 3.05. The zero-order valence-electron chi connectivity index (χ0n) is 15.8. The molecule has 0 radical (unpaired) electrons. The molecule has 1 aliphatic heterocycles. The average Bonchev–Trinajstić information content (AvgIpc) is 3.21. The molecule has 1 aromatic carbocycles. The highest BCUT2D eigenvalue weighted by Crippen LogP contribution is 2.31. The molecule has 2 aromatic rings. The van der Waals surface area contributed by atoms with Crippen molar-refractivity contribution in [3.8, 4) is 0 Å². The summed E-state index contributed by atoms with van der Waals surface area (Å²) in [7, 11) is 0. The summed E-state index contributed by atoms with van der Waals surface area (Å²) < 4.78 is 5.18. The Kier molecular flexibility index (Phi) is 6.67. The third kappa shape index (κ3) is 5.35. The number of furan rings is 1. The van der Waals surface area contributed by atoms with Crippen molar-refractivity contribution in [3.63, 3.8) is 0 Å². The molecule has 2 amide bonds. The topological polar surface area (TPSA) is 108 Å². The van der Waals surface area contributed by atoms with Crippen molar-refractivity contribution in [2.24, 2.45) is 4.99 Å². The van der Waals surface area contributed by atoms with Gasteiger partial charge >= 0.3 is 0 Å². The minimum atomic E-state index is -0.198. The van der Waals surface area contributed by atoms with Crippen molar-refractivity contribution in [1.82, 2.24) is 16.0 Å². The summed E-state index contributed by atoms with van der Waals surface area (Å²) in [4.78, 5) is 28.3. The number of carbonyl (C=O) groups is 2. The summed E-state index contributed by atoms with van der Waals surface area (Å²) in [6.45, 7) is 3.50. The van der Waals surface area contributed by atoms with Gasteiger partial charge in [0.05, 0.1) is 12.8 Å². The van der Waals surface area contributed by atoms with Crippen LogP contribution in [0.15, 0.2) is 52.1 Å². The third-order valence-corrected chi connectivity index (χ3v) is 4.39. The van der Waals surface area contributed by atoms with Crippen LogP contribution in [-0.4, -0.2) is 37.4 Å². The van der Waals surface area contributed by atoms with Gasteiger partial charge in [-0.3, -0.25) is 9.59 Å². The molecule has 3 rings (SSSR count).